The Bertz CT molecular complexity index is 1030. The lowest BCUT2D eigenvalue weighted by molar-refractivity contribution is -0.180. The first kappa shape index (κ1) is 24.3. The number of carbonyl (C=O) groups is 3. The molecule has 0 aromatic carbocycles. The topological polar surface area (TPSA) is 135 Å². The van der Waals surface area contributed by atoms with Crippen LogP contribution in [0.4, 0.5) is 0 Å². The molecular formula is C24H32O8S. The third-order valence-corrected chi connectivity index (χ3v) is 9.67. The van der Waals surface area contributed by atoms with Gasteiger partial charge >= 0.3 is 5.97 Å². The van der Waals surface area contributed by atoms with Crippen LogP contribution >= 0.6 is 0 Å². The SMILES string of the molecule is C[C@]12CC[C@H]3[C@@H](CCC4=CC(=O)C=C[C@@]43C)[C@@H]1CC[C@@H]2C(=O)C(O)OC(=O)CCS(=O)(=O)O. The predicted octanol–water partition coefficient (Wildman–Crippen LogP) is 2.62. The van der Waals surface area contributed by atoms with Crippen LogP contribution in [-0.4, -0.2) is 47.7 Å². The lowest BCUT2D eigenvalue weighted by Gasteiger charge is -2.57. The summed E-state index contributed by atoms with van der Waals surface area (Å²) in [5.74, 6) is -1.69. The first-order valence-electron chi connectivity index (χ1n) is 11.7. The summed E-state index contributed by atoms with van der Waals surface area (Å²) in [4.78, 5) is 36.8. The van der Waals surface area contributed by atoms with Gasteiger partial charge in [0.2, 0.25) is 5.78 Å². The number of ketones is 2. The van der Waals surface area contributed by atoms with Crippen molar-refractivity contribution in [3.8, 4) is 0 Å². The van der Waals surface area contributed by atoms with E-state index in [0.717, 1.165) is 32.1 Å². The molecule has 9 heteroatoms. The van der Waals surface area contributed by atoms with E-state index < -0.39 is 46.3 Å². The highest BCUT2D eigenvalue weighted by Gasteiger charge is 2.60. The molecule has 4 aliphatic carbocycles. The summed E-state index contributed by atoms with van der Waals surface area (Å²) >= 11 is 0. The Morgan fingerprint density at radius 1 is 1.18 bits per heavy atom. The van der Waals surface area contributed by atoms with Crippen LogP contribution in [0.3, 0.4) is 0 Å². The van der Waals surface area contributed by atoms with Crippen molar-refractivity contribution in [3.63, 3.8) is 0 Å². The predicted molar refractivity (Wildman–Crippen MR) is 118 cm³/mol. The second kappa shape index (κ2) is 8.43. The Morgan fingerprint density at radius 3 is 2.61 bits per heavy atom. The molecule has 2 N–H and O–H groups in total. The number of rotatable bonds is 6. The maximum Gasteiger partial charge on any atom is 0.309 e. The molecule has 3 fully saturated rings. The Kier molecular flexibility index (Phi) is 6.20. The van der Waals surface area contributed by atoms with Crippen molar-refractivity contribution in [1.82, 2.24) is 0 Å². The van der Waals surface area contributed by atoms with Gasteiger partial charge in [0, 0.05) is 11.3 Å². The smallest absolute Gasteiger partial charge is 0.309 e. The second-order valence-corrected chi connectivity index (χ2v) is 12.1. The third kappa shape index (κ3) is 4.35. The highest BCUT2D eigenvalue weighted by molar-refractivity contribution is 7.85. The summed E-state index contributed by atoms with van der Waals surface area (Å²) in [5, 5.41) is 10.3. The summed E-state index contributed by atoms with van der Waals surface area (Å²) in [6, 6.07) is 0. The van der Waals surface area contributed by atoms with Crippen LogP contribution in [0.2, 0.25) is 0 Å². The van der Waals surface area contributed by atoms with E-state index >= 15 is 0 Å². The van der Waals surface area contributed by atoms with Crippen molar-refractivity contribution in [3.05, 3.63) is 23.8 Å². The zero-order chi connectivity index (χ0) is 24.2. The summed E-state index contributed by atoms with van der Waals surface area (Å²) in [6.07, 6.45) is 7.98. The van der Waals surface area contributed by atoms with Gasteiger partial charge in [0.1, 0.15) is 0 Å². The van der Waals surface area contributed by atoms with Crippen molar-refractivity contribution in [1.29, 1.82) is 0 Å². The maximum atomic E-state index is 13.1. The minimum atomic E-state index is -4.34. The molecule has 0 aliphatic heterocycles. The summed E-state index contributed by atoms with van der Waals surface area (Å²) in [6.45, 7) is 4.32. The van der Waals surface area contributed by atoms with Gasteiger partial charge in [0.15, 0.2) is 5.78 Å². The van der Waals surface area contributed by atoms with E-state index in [1.807, 2.05) is 0 Å². The lowest BCUT2D eigenvalue weighted by atomic mass is 9.47. The van der Waals surface area contributed by atoms with Crippen LogP contribution in [-0.2, 0) is 29.2 Å². The average molecular weight is 481 g/mol. The van der Waals surface area contributed by atoms with E-state index in [4.69, 9.17) is 9.29 Å². The Hall–Kier alpha value is -1.84. The number of carbonyl (C=O) groups excluding carboxylic acids is 3. The molecule has 0 aromatic rings. The molecule has 3 saturated carbocycles. The van der Waals surface area contributed by atoms with Crippen LogP contribution in [0.1, 0.15) is 58.8 Å². The molecule has 0 radical (unpaired) electrons. The molecule has 0 saturated heterocycles. The van der Waals surface area contributed by atoms with E-state index in [0.29, 0.717) is 24.2 Å². The fourth-order valence-electron chi connectivity index (χ4n) is 7.29. The summed E-state index contributed by atoms with van der Waals surface area (Å²) in [5.41, 5.74) is 0.756. The fourth-order valence-corrected chi connectivity index (χ4v) is 7.72. The quantitative estimate of drug-likeness (QED) is 0.336. The number of allylic oxidation sites excluding steroid dienone is 4. The van der Waals surface area contributed by atoms with Crippen LogP contribution in [0.15, 0.2) is 23.8 Å². The largest absolute Gasteiger partial charge is 0.428 e. The fraction of sp³-hybridized carbons (Fsp3) is 0.708. The van der Waals surface area contributed by atoms with Gasteiger partial charge in [-0.05, 0) is 73.8 Å². The molecule has 0 bridgehead atoms. The zero-order valence-electron chi connectivity index (χ0n) is 19.0. The van der Waals surface area contributed by atoms with Gasteiger partial charge in [-0.1, -0.05) is 25.5 Å². The minimum Gasteiger partial charge on any atom is -0.428 e. The van der Waals surface area contributed by atoms with E-state index in [1.165, 1.54) is 5.57 Å². The Morgan fingerprint density at radius 2 is 1.91 bits per heavy atom. The van der Waals surface area contributed by atoms with Crippen molar-refractivity contribution >= 4 is 27.7 Å². The lowest BCUT2D eigenvalue weighted by Crippen LogP contribution is -2.51. The second-order valence-electron chi connectivity index (χ2n) is 10.6. The molecule has 0 amide bonds. The normalized spacial score (nSPS) is 38.5. The number of aliphatic hydroxyl groups is 1. The zero-order valence-corrected chi connectivity index (χ0v) is 19.8. The maximum absolute atomic E-state index is 13.1. The molecule has 7 atom stereocenters. The average Bonchev–Trinajstić information content (AvgIpc) is 3.09. The molecule has 0 heterocycles. The standard InChI is InChI=1S/C24H32O8S/c1-23-10-7-15(25)13-14(23)3-4-16-17-5-6-19(24(17,2)11-8-18(16)23)21(27)22(28)32-20(26)9-12-33(29,30)31/h7,10,13,16-19,22,28H,3-6,8-9,11-12H2,1-2H3,(H,29,30,31)/t16-,17-,18-,19+,22?,23-,24-/m0/s1. The van der Waals surface area contributed by atoms with E-state index in [1.54, 1.807) is 12.2 Å². The first-order valence-corrected chi connectivity index (χ1v) is 13.3. The first-order chi connectivity index (χ1) is 15.3. The molecule has 1 unspecified atom stereocenters. The van der Waals surface area contributed by atoms with Crippen molar-refractivity contribution in [2.75, 3.05) is 5.75 Å². The van der Waals surface area contributed by atoms with Crippen molar-refractivity contribution < 1.29 is 37.2 Å². The highest BCUT2D eigenvalue weighted by atomic mass is 32.2. The van der Waals surface area contributed by atoms with Crippen LogP contribution in [0.25, 0.3) is 0 Å². The minimum absolute atomic E-state index is 0.0493. The van der Waals surface area contributed by atoms with Gasteiger partial charge < -0.3 is 9.84 Å². The van der Waals surface area contributed by atoms with Gasteiger partial charge in [-0.2, -0.15) is 8.42 Å². The summed E-state index contributed by atoms with van der Waals surface area (Å²) < 4.78 is 35.1. The Labute approximate surface area is 194 Å². The van der Waals surface area contributed by atoms with Gasteiger partial charge in [-0.15, -0.1) is 0 Å². The number of hydrogen-bond donors (Lipinski definition) is 2. The van der Waals surface area contributed by atoms with Crippen LogP contribution in [0.5, 0.6) is 0 Å². The van der Waals surface area contributed by atoms with Crippen LogP contribution < -0.4 is 0 Å². The van der Waals surface area contributed by atoms with Crippen molar-refractivity contribution in [2.24, 2.45) is 34.5 Å². The van der Waals surface area contributed by atoms with Crippen molar-refractivity contribution in [2.45, 2.75) is 65.1 Å². The monoisotopic (exact) mass is 480 g/mol. The van der Waals surface area contributed by atoms with Gasteiger partial charge in [0.05, 0.1) is 12.2 Å². The molecule has 8 nitrogen and oxygen atoms in total. The number of ether oxygens (including phenoxy) is 1. The molecular weight excluding hydrogens is 448 g/mol. The van der Waals surface area contributed by atoms with E-state index in [2.05, 4.69) is 19.9 Å². The third-order valence-electron chi connectivity index (χ3n) is 8.95. The molecule has 4 aliphatic rings. The number of esters is 1. The molecule has 0 spiro atoms. The molecule has 4 rings (SSSR count). The molecule has 33 heavy (non-hydrogen) atoms. The van der Waals surface area contributed by atoms with Gasteiger partial charge in [-0.3, -0.25) is 18.9 Å². The number of Topliss-reactive ketones (excluding diaryl/α,β-unsaturated/α-hetero) is 1. The van der Waals surface area contributed by atoms with Gasteiger partial charge in [0.25, 0.3) is 16.4 Å². The Balaban J connectivity index is 1.46. The summed E-state index contributed by atoms with van der Waals surface area (Å²) in [7, 11) is -4.34. The van der Waals surface area contributed by atoms with Crippen LogP contribution in [0, 0.1) is 34.5 Å². The molecule has 0 aromatic heterocycles. The van der Waals surface area contributed by atoms with E-state index in [9.17, 15) is 27.9 Å². The van der Waals surface area contributed by atoms with E-state index in [-0.39, 0.29) is 16.6 Å². The van der Waals surface area contributed by atoms with Gasteiger partial charge in [-0.25, -0.2) is 0 Å². The number of fused-ring (bicyclic) bond motifs is 5. The molecule has 182 valence electrons. The number of aliphatic hydroxyl groups excluding tert-OH is 1. The highest BCUT2D eigenvalue weighted by Crippen LogP contribution is 2.66. The number of hydrogen-bond acceptors (Lipinski definition) is 7.